The van der Waals surface area contributed by atoms with Gasteiger partial charge >= 0.3 is 5.97 Å². The summed E-state index contributed by atoms with van der Waals surface area (Å²) in [6, 6.07) is 18.4. The van der Waals surface area contributed by atoms with Crippen LogP contribution in [-0.2, 0) is 14.8 Å². The van der Waals surface area contributed by atoms with Gasteiger partial charge < -0.3 is 9.15 Å². The van der Waals surface area contributed by atoms with Crippen LogP contribution < -0.4 is 4.72 Å². The van der Waals surface area contributed by atoms with E-state index in [4.69, 9.17) is 9.15 Å². The predicted octanol–water partition coefficient (Wildman–Crippen LogP) is 4.90. The van der Waals surface area contributed by atoms with E-state index < -0.39 is 27.9 Å². The molecule has 0 aliphatic heterocycles. The SMILES string of the molecule is Cc1cc(F)ccc1S(=O)(=O)Nc1ccccc1C(=O)OC(C)c1nnc(-c2ccccc2)o1. The molecule has 0 fully saturated rings. The highest BCUT2D eigenvalue weighted by Gasteiger charge is 2.24. The zero-order chi connectivity index (χ0) is 24.3. The highest BCUT2D eigenvalue weighted by atomic mass is 32.2. The van der Waals surface area contributed by atoms with Gasteiger partial charge in [-0.3, -0.25) is 4.72 Å². The van der Waals surface area contributed by atoms with Crippen LogP contribution in [0.4, 0.5) is 10.1 Å². The Balaban J connectivity index is 1.53. The van der Waals surface area contributed by atoms with Crippen LogP contribution in [0.5, 0.6) is 0 Å². The maximum Gasteiger partial charge on any atom is 0.341 e. The third kappa shape index (κ3) is 4.96. The van der Waals surface area contributed by atoms with Gasteiger partial charge in [0.2, 0.25) is 5.89 Å². The monoisotopic (exact) mass is 481 g/mol. The van der Waals surface area contributed by atoms with E-state index in [0.29, 0.717) is 0 Å². The number of benzene rings is 3. The first-order chi connectivity index (χ1) is 16.2. The Morgan fingerprint density at radius 2 is 1.74 bits per heavy atom. The van der Waals surface area contributed by atoms with Gasteiger partial charge in [-0.15, -0.1) is 10.2 Å². The fourth-order valence-corrected chi connectivity index (χ4v) is 4.54. The molecular formula is C24H20FN3O5S. The van der Waals surface area contributed by atoms with Crippen LogP contribution in [0.15, 0.2) is 82.1 Å². The second-order valence-electron chi connectivity index (χ2n) is 7.42. The predicted molar refractivity (Wildman–Crippen MR) is 122 cm³/mol. The van der Waals surface area contributed by atoms with Gasteiger partial charge in [0.15, 0.2) is 6.10 Å². The van der Waals surface area contributed by atoms with Gasteiger partial charge in [-0.1, -0.05) is 30.3 Å². The fourth-order valence-electron chi connectivity index (χ4n) is 3.23. The lowest BCUT2D eigenvalue weighted by Crippen LogP contribution is -2.18. The maximum atomic E-state index is 13.4. The Morgan fingerprint density at radius 3 is 2.47 bits per heavy atom. The molecule has 1 heterocycles. The van der Waals surface area contributed by atoms with Gasteiger partial charge in [0.25, 0.3) is 15.9 Å². The van der Waals surface area contributed by atoms with Crippen LogP contribution in [0.2, 0.25) is 0 Å². The summed E-state index contributed by atoms with van der Waals surface area (Å²) in [6.45, 7) is 3.04. The number of anilines is 1. The lowest BCUT2D eigenvalue weighted by Gasteiger charge is -2.15. The first-order valence-corrected chi connectivity index (χ1v) is 11.7. The van der Waals surface area contributed by atoms with Crippen LogP contribution in [0.1, 0.15) is 34.8 Å². The molecule has 1 N–H and O–H groups in total. The van der Waals surface area contributed by atoms with Crippen molar-refractivity contribution in [2.45, 2.75) is 24.8 Å². The van der Waals surface area contributed by atoms with Gasteiger partial charge in [-0.25, -0.2) is 17.6 Å². The molecule has 10 heteroatoms. The van der Waals surface area contributed by atoms with Crippen molar-refractivity contribution in [2.24, 2.45) is 0 Å². The smallest absolute Gasteiger partial charge is 0.341 e. The maximum absolute atomic E-state index is 13.4. The number of carbonyl (C=O) groups excluding carboxylic acids is 1. The van der Waals surface area contributed by atoms with Gasteiger partial charge in [-0.2, -0.15) is 0 Å². The van der Waals surface area contributed by atoms with Crippen molar-refractivity contribution in [1.82, 2.24) is 10.2 Å². The number of ether oxygens (including phenoxy) is 1. The minimum Gasteiger partial charge on any atom is -0.449 e. The van der Waals surface area contributed by atoms with Crippen molar-refractivity contribution in [3.05, 3.63) is 95.6 Å². The minimum absolute atomic E-state index is 0.0129. The molecule has 0 amide bonds. The Kier molecular flexibility index (Phi) is 6.42. The van der Waals surface area contributed by atoms with Crippen molar-refractivity contribution >= 4 is 21.7 Å². The van der Waals surface area contributed by atoms with Crippen molar-refractivity contribution in [3.8, 4) is 11.5 Å². The minimum atomic E-state index is -4.09. The molecule has 0 saturated carbocycles. The van der Waals surface area contributed by atoms with Crippen LogP contribution in [0, 0.1) is 12.7 Å². The van der Waals surface area contributed by atoms with E-state index in [1.165, 1.54) is 19.1 Å². The molecule has 0 bridgehead atoms. The van der Waals surface area contributed by atoms with E-state index in [1.807, 2.05) is 18.2 Å². The van der Waals surface area contributed by atoms with Crippen LogP contribution in [0.25, 0.3) is 11.5 Å². The van der Waals surface area contributed by atoms with Crippen LogP contribution in [0.3, 0.4) is 0 Å². The van der Waals surface area contributed by atoms with Crippen LogP contribution in [-0.4, -0.2) is 24.6 Å². The van der Waals surface area contributed by atoms with E-state index >= 15 is 0 Å². The molecule has 174 valence electrons. The molecular weight excluding hydrogens is 461 g/mol. The molecule has 34 heavy (non-hydrogen) atoms. The highest BCUT2D eigenvalue weighted by Crippen LogP contribution is 2.26. The summed E-state index contributed by atoms with van der Waals surface area (Å²) in [5.74, 6) is -0.972. The number of aromatic nitrogens is 2. The molecule has 0 aliphatic carbocycles. The molecule has 0 aliphatic rings. The number of hydrogen-bond acceptors (Lipinski definition) is 7. The summed E-state index contributed by atoms with van der Waals surface area (Å²) < 4.78 is 52.6. The van der Waals surface area contributed by atoms with E-state index in [-0.39, 0.29) is 33.5 Å². The molecule has 0 saturated heterocycles. The first kappa shape index (κ1) is 23.1. The summed E-state index contributed by atoms with van der Waals surface area (Å²) in [5, 5.41) is 7.92. The molecule has 3 aromatic carbocycles. The van der Waals surface area contributed by atoms with Gasteiger partial charge in [0.1, 0.15) is 5.82 Å². The fraction of sp³-hybridized carbons (Fsp3) is 0.125. The van der Waals surface area contributed by atoms with E-state index in [1.54, 1.807) is 31.2 Å². The number of hydrogen-bond donors (Lipinski definition) is 1. The third-order valence-corrected chi connectivity index (χ3v) is 6.44. The lowest BCUT2D eigenvalue weighted by atomic mass is 10.2. The van der Waals surface area contributed by atoms with Crippen molar-refractivity contribution < 1.29 is 26.8 Å². The largest absolute Gasteiger partial charge is 0.449 e. The topological polar surface area (TPSA) is 111 Å². The lowest BCUT2D eigenvalue weighted by molar-refractivity contribution is 0.0281. The standard InChI is InChI=1S/C24H20FN3O5S/c1-15-14-18(25)12-13-21(15)34(30,31)28-20-11-7-6-10-19(20)24(29)32-16(2)22-26-27-23(33-22)17-8-4-3-5-9-17/h3-14,16,28H,1-2H3. The van der Waals surface area contributed by atoms with Gasteiger partial charge in [-0.05, 0) is 61.9 Å². The second kappa shape index (κ2) is 9.44. The Labute approximate surface area is 195 Å². The number of nitrogens with one attached hydrogen (secondary N) is 1. The summed E-state index contributed by atoms with van der Waals surface area (Å²) >= 11 is 0. The normalized spacial score (nSPS) is 12.2. The molecule has 1 aromatic heterocycles. The van der Waals surface area contributed by atoms with Crippen molar-refractivity contribution in [3.63, 3.8) is 0 Å². The highest BCUT2D eigenvalue weighted by molar-refractivity contribution is 7.92. The average molecular weight is 482 g/mol. The first-order valence-electron chi connectivity index (χ1n) is 10.2. The number of halogens is 1. The molecule has 4 rings (SSSR count). The summed E-state index contributed by atoms with van der Waals surface area (Å²) in [4.78, 5) is 12.8. The Morgan fingerprint density at radius 1 is 1.03 bits per heavy atom. The molecule has 1 unspecified atom stereocenters. The molecule has 0 radical (unpaired) electrons. The van der Waals surface area contributed by atoms with E-state index in [9.17, 15) is 17.6 Å². The molecule has 0 spiro atoms. The summed E-state index contributed by atoms with van der Waals surface area (Å²) in [6.07, 6.45) is -0.888. The van der Waals surface area contributed by atoms with Gasteiger partial charge in [0.05, 0.1) is 16.1 Å². The summed E-state index contributed by atoms with van der Waals surface area (Å²) in [7, 11) is -4.09. The Bertz CT molecular complexity index is 1440. The summed E-state index contributed by atoms with van der Waals surface area (Å²) in [5.41, 5.74) is 0.946. The number of para-hydroxylation sites is 1. The zero-order valence-electron chi connectivity index (χ0n) is 18.2. The quantitative estimate of drug-likeness (QED) is 0.374. The van der Waals surface area contributed by atoms with E-state index in [0.717, 1.165) is 23.8 Å². The number of nitrogens with zero attached hydrogens (tertiary/aromatic N) is 2. The number of sulfonamides is 1. The third-order valence-electron chi connectivity index (χ3n) is 4.91. The van der Waals surface area contributed by atoms with E-state index in [2.05, 4.69) is 14.9 Å². The van der Waals surface area contributed by atoms with Crippen LogP contribution >= 0.6 is 0 Å². The number of esters is 1. The second-order valence-corrected chi connectivity index (χ2v) is 9.07. The average Bonchev–Trinajstić information content (AvgIpc) is 3.30. The number of carbonyl (C=O) groups is 1. The zero-order valence-corrected chi connectivity index (χ0v) is 19.0. The molecule has 4 aromatic rings. The number of aryl methyl sites for hydroxylation is 1. The van der Waals surface area contributed by atoms with Crippen molar-refractivity contribution in [1.29, 1.82) is 0 Å². The Hall–Kier alpha value is -4.05. The molecule has 1 atom stereocenters. The van der Waals surface area contributed by atoms with Crippen molar-refractivity contribution in [2.75, 3.05) is 4.72 Å². The van der Waals surface area contributed by atoms with Gasteiger partial charge in [0, 0.05) is 5.56 Å². The molecule has 8 nitrogen and oxygen atoms in total. The number of rotatable bonds is 7.